The third-order valence-electron chi connectivity index (χ3n) is 5.55. The molecule has 170 valence electrons. The van der Waals surface area contributed by atoms with E-state index in [2.05, 4.69) is 9.97 Å². The van der Waals surface area contributed by atoms with Gasteiger partial charge in [-0.2, -0.15) is 5.26 Å². The van der Waals surface area contributed by atoms with Gasteiger partial charge in [-0.3, -0.25) is 4.79 Å². The van der Waals surface area contributed by atoms with Gasteiger partial charge in [-0.25, -0.2) is 9.97 Å². The number of halogens is 1. The van der Waals surface area contributed by atoms with Gasteiger partial charge in [0.1, 0.15) is 28.7 Å². The van der Waals surface area contributed by atoms with E-state index >= 15 is 0 Å². The highest BCUT2D eigenvalue weighted by molar-refractivity contribution is 6.29. The van der Waals surface area contributed by atoms with Crippen LogP contribution in [0.4, 0.5) is 0 Å². The van der Waals surface area contributed by atoms with Gasteiger partial charge in [0.25, 0.3) is 5.88 Å². The summed E-state index contributed by atoms with van der Waals surface area (Å²) in [5.74, 6) is 1.54. The molecule has 0 unspecified atom stereocenters. The van der Waals surface area contributed by atoms with Crippen molar-refractivity contribution >= 4 is 22.6 Å². The summed E-state index contributed by atoms with van der Waals surface area (Å²) in [6.07, 6.45) is 1.02. The summed E-state index contributed by atoms with van der Waals surface area (Å²) in [5.41, 5.74) is 2.87. The van der Waals surface area contributed by atoms with Crippen LogP contribution in [0, 0.1) is 25.2 Å². The zero-order chi connectivity index (χ0) is 24.0. The number of hydrogen-bond acceptors (Lipinski definition) is 8. The Labute approximate surface area is 199 Å². The molecular formula is C25H18ClN3O5. The van der Waals surface area contributed by atoms with Crippen molar-refractivity contribution in [1.29, 1.82) is 5.26 Å². The first kappa shape index (κ1) is 21.7. The number of rotatable bonds is 4. The first-order valence-corrected chi connectivity index (χ1v) is 10.8. The van der Waals surface area contributed by atoms with Crippen molar-refractivity contribution in [3.05, 3.63) is 74.3 Å². The number of nitrogens with zero attached hydrogens (tertiary/aromatic N) is 3. The molecule has 0 spiro atoms. The van der Waals surface area contributed by atoms with Crippen molar-refractivity contribution < 1.29 is 18.6 Å². The zero-order valence-corrected chi connectivity index (χ0v) is 19.3. The quantitative estimate of drug-likeness (QED) is 0.368. The van der Waals surface area contributed by atoms with Crippen LogP contribution in [0.2, 0.25) is 5.15 Å². The van der Waals surface area contributed by atoms with E-state index in [1.165, 1.54) is 0 Å². The maximum atomic E-state index is 13.3. The summed E-state index contributed by atoms with van der Waals surface area (Å²) in [6.45, 7) is 5.51. The molecule has 0 bridgehead atoms. The van der Waals surface area contributed by atoms with E-state index in [0.29, 0.717) is 45.0 Å². The van der Waals surface area contributed by atoms with Crippen LogP contribution in [0.5, 0.6) is 17.4 Å². The third kappa shape index (κ3) is 3.70. The Morgan fingerprint density at radius 2 is 2.03 bits per heavy atom. The summed E-state index contributed by atoms with van der Waals surface area (Å²) >= 11 is 5.90. The second-order valence-corrected chi connectivity index (χ2v) is 8.29. The van der Waals surface area contributed by atoms with Crippen LogP contribution < -0.4 is 19.6 Å². The Bertz CT molecular complexity index is 1560. The number of fused-ring (bicyclic) bond motifs is 2. The molecule has 1 aliphatic heterocycles. The third-order valence-corrected chi connectivity index (χ3v) is 5.76. The minimum absolute atomic E-state index is 0.0701. The second kappa shape index (κ2) is 8.36. The molecule has 1 aromatic carbocycles. The van der Waals surface area contributed by atoms with Crippen LogP contribution in [-0.4, -0.2) is 16.8 Å². The Hall–Kier alpha value is -4.09. The molecule has 4 aromatic rings. The van der Waals surface area contributed by atoms with Crippen LogP contribution in [0.1, 0.15) is 35.4 Å². The lowest BCUT2D eigenvalue weighted by atomic mass is 10.00. The van der Waals surface area contributed by atoms with Gasteiger partial charge in [0, 0.05) is 22.9 Å². The van der Waals surface area contributed by atoms with Gasteiger partial charge in [0.05, 0.1) is 5.39 Å². The number of aryl methyl sites for hydroxylation is 1. The standard InChI is InChI=1S/C25H18ClN3O5/c1-12-6-16(14(3)33-19-4-5-21(26)29-18(19)9-27)24-17(7-12)22(30)13(2)23(34-24)15-8-20-25(28-10-15)32-11-31-20/h4-8,10,14H,11H2,1-3H3/t14-/m1/s1. The molecule has 8 nitrogen and oxygen atoms in total. The van der Waals surface area contributed by atoms with Crippen LogP contribution >= 0.6 is 11.6 Å². The predicted octanol–water partition coefficient (Wildman–Crippen LogP) is 5.26. The molecule has 0 amide bonds. The number of ether oxygens (including phenoxy) is 3. The topological polar surface area (TPSA) is 107 Å². The molecule has 0 fully saturated rings. The summed E-state index contributed by atoms with van der Waals surface area (Å²) in [7, 11) is 0. The second-order valence-electron chi connectivity index (χ2n) is 7.90. The maximum absolute atomic E-state index is 13.3. The molecule has 0 aliphatic carbocycles. The molecular weight excluding hydrogens is 458 g/mol. The Kier molecular flexibility index (Phi) is 5.34. The Morgan fingerprint density at radius 1 is 1.21 bits per heavy atom. The minimum Gasteiger partial charge on any atom is -0.483 e. The molecule has 3 aromatic heterocycles. The van der Waals surface area contributed by atoms with E-state index < -0.39 is 6.10 Å². The van der Waals surface area contributed by atoms with E-state index in [1.807, 2.05) is 26.0 Å². The molecule has 9 heteroatoms. The van der Waals surface area contributed by atoms with Gasteiger partial charge in [-0.05, 0) is 56.7 Å². The summed E-state index contributed by atoms with van der Waals surface area (Å²) < 4.78 is 23.1. The lowest BCUT2D eigenvalue weighted by molar-refractivity contribution is 0.171. The van der Waals surface area contributed by atoms with Gasteiger partial charge in [-0.15, -0.1) is 0 Å². The molecule has 0 saturated carbocycles. The molecule has 1 aliphatic rings. The fourth-order valence-corrected chi connectivity index (χ4v) is 4.06. The highest BCUT2D eigenvalue weighted by atomic mass is 35.5. The summed E-state index contributed by atoms with van der Waals surface area (Å²) in [5, 5.41) is 10.0. The van der Waals surface area contributed by atoms with E-state index in [4.69, 9.17) is 30.2 Å². The average Bonchev–Trinajstić information content (AvgIpc) is 3.30. The van der Waals surface area contributed by atoms with Gasteiger partial charge in [-0.1, -0.05) is 11.6 Å². The van der Waals surface area contributed by atoms with Gasteiger partial charge in [0.15, 0.2) is 22.6 Å². The number of aromatic nitrogens is 2. The van der Waals surface area contributed by atoms with Crippen molar-refractivity contribution in [2.45, 2.75) is 26.9 Å². The van der Waals surface area contributed by atoms with E-state index in [9.17, 15) is 10.1 Å². The lowest BCUT2D eigenvalue weighted by Crippen LogP contribution is -2.12. The molecule has 0 saturated heterocycles. The lowest BCUT2D eigenvalue weighted by Gasteiger charge is -2.18. The van der Waals surface area contributed by atoms with Crippen molar-refractivity contribution in [2.24, 2.45) is 0 Å². The van der Waals surface area contributed by atoms with Crippen LogP contribution in [0.15, 0.2) is 45.7 Å². The molecule has 0 radical (unpaired) electrons. The molecule has 0 N–H and O–H groups in total. The Balaban J connectivity index is 1.65. The first-order valence-electron chi connectivity index (χ1n) is 10.4. The van der Waals surface area contributed by atoms with E-state index in [1.54, 1.807) is 37.4 Å². The smallest absolute Gasteiger partial charge is 0.260 e. The highest BCUT2D eigenvalue weighted by Gasteiger charge is 2.23. The average molecular weight is 476 g/mol. The predicted molar refractivity (Wildman–Crippen MR) is 124 cm³/mol. The fraction of sp³-hybridized carbons (Fsp3) is 0.200. The highest BCUT2D eigenvalue weighted by Crippen LogP contribution is 2.37. The number of benzene rings is 1. The normalized spacial score (nSPS) is 13.0. The van der Waals surface area contributed by atoms with Gasteiger partial charge < -0.3 is 18.6 Å². The van der Waals surface area contributed by atoms with Crippen molar-refractivity contribution in [3.8, 4) is 34.8 Å². The summed E-state index contributed by atoms with van der Waals surface area (Å²) in [6, 6.07) is 10.5. The van der Waals surface area contributed by atoms with E-state index in [0.717, 1.165) is 5.56 Å². The zero-order valence-electron chi connectivity index (χ0n) is 18.5. The minimum atomic E-state index is -0.564. The SMILES string of the molecule is Cc1cc([C@@H](C)Oc2ccc(Cl)nc2C#N)c2oc(-c3cnc4c(c3)OCO4)c(C)c(=O)c2c1. The molecule has 34 heavy (non-hydrogen) atoms. The monoisotopic (exact) mass is 475 g/mol. The van der Waals surface area contributed by atoms with Crippen LogP contribution in [0.25, 0.3) is 22.3 Å². The van der Waals surface area contributed by atoms with Crippen LogP contribution in [0.3, 0.4) is 0 Å². The largest absolute Gasteiger partial charge is 0.483 e. The Morgan fingerprint density at radius 3 is 2.82 bits per heavy atom. The summed E-state index contributed by atoms with van der Waals surface area (Å²) in [4.78, 5) is 21.6. The molecule has 5 rings (SSSR count). The van der Waals surface area contributed by atoms with Crippen LogP contribution in [-0.2, 0) is 0 Å². The first-order chi connectivity index (χ1) is 16.4. The van der Waals surface area contributed by atoms with Crippen molar-refractivity contribution in [3.63, 3.8) is 0 Å². The van der Waals surface area contributed by atoms with E-state index in [-0.39, 0.29) is 28.8 Å². The maximum Gasteiger partial charge on any atom is 0.260 e. The molecule has 1 atom stereocenters. The van der Waals surface area contributed by atoms with Gasteiger partial charge in [0.2, 0.25) is 6.79 Å². The fourth-order valence-electron chi connectivity index (χ4n) is 3.91. The number of pyridine rings is 2. The molecule has 4 heterocycles. The van der Waals surface area contributed by atoms with Gasteiger partial charge >= 0.3 is 0 Å². The number of nitriles is 1. The van der Waals surface area contributed by atoms with Crippen molar-refractivity contribution in [2.75, 3.05) is 6.79 Å². The number of hydrogen-bond donors (Lipinski definition) is 0. The van der Waals surface area contributed by atoms with Crippen molar-refractivity contribution in [1.82, 2.24) is 9.97 Å².